The van der Waals surface area contributed by atoms with Crippen molar-refractivity contribution < 1.29 is 23.9 Å². The van der Waals surface area contributed by atoms with Crippen molar-refractivity contribution >= 4 is 17.9 Å². The number of carboxylic acids is 1. The number of benzene rings is 1. The van der Waals surface area contributed by atoms with Gasteiger partial charge in [-0.2, -0.15) is 0 Å². The maximum atomic E-state index is 12.6. The summed E-state index contributed by atoms with van der Waals surface area (Å²) in [6.45, 7) is 0.137. The summed E-state index contributed by atoms with van der Waals surface area (Å²) >= 11 is 0. The van der Waals surface area contributed by atoms with Crippen molar-refractivity contribution in [3.63, 3.8) is 0 Å². The predicted molar refractivity (Wildman–Crippen MR) is 63.6 cm³/mol. The van der Waals surface area contributed by atoms with Crippen LogP contribution in [-0.2, 0) is 16.1 Å². The smallest absolute Gasteiger partial charge is 0.321 e. The zero-order chi connectivity index (χ0) is 14.3. The van der Waals surface area contributed by atoms with Crippen molar-refractivity contribution in [3.8, 4) is 0 Å². The lowest BCUT2D eigenvalue weighted by Crippen LogP contribution is -2.39. The first-order valence-corrected chi connectivity index (χ1v) is 5.51. The highest BCUT2D eigenvalue weighted by atomic mass is 19.1. The Kier molecular flexibility index (Phi) is 5.46. The SMILES string of the molecule is O=C(O)CCC(=O)NC(=O)NCc1ccc(F)cc1. The first-order chi connectivity index (χ1) is 8.97. The third-order valence-electron chi connectivity index (χ3n) is 2.19. The zero-order valence-corrected chi connectivity index (χ0v) is 9.98. The lowest BCUT2D eigenvalue weighted by Gasteiger charge is -2.06. The molecule has 7 heteroatoms. The van der Waals surface area contributed by atoms with Crippen LogP contribution in [0.2, 0.25) is 0 Å². The number of imide groups is 1. The Bertz CT molecular complexity index is 473. The third-order valence-corrected chi connectivity index (χ3v) is 2.19. The number of carboxylic acid groups (broad SMARTS) is 1. The van der Waals surface area contributed by atoms with Crippen molar-refractivity contribution in [1.82, 2.24) is 10.6 Å². The normalized spacial score (nSPS) is 9.74. The van der Waals surface area contributed by atoms with Crippen molar-refractivity contribution in [2.75, 3.05) is 0 Å². The van der Waals surface area contributed by atoms with Gasteiger partial charge in [0, 0.05) is 13.0 Å². The highest BCUT2D eigenvalue weighted by Gasteiger charge is 2.09. The number of hydrogen-bond acceptors (Lipinski definition) is 3. The van der Waals surface area contributed by atoms with Crippen LogP contribution in [0.4, 0.5) is 9.18 Å². The van der Waals surface area contributed by atoms with E-state index in [-0.39, 0.29) is 25.2 Å². The van der Waals surface area contributed by atoms with Crippen LogP contribution >= 0.6 is 0 Å². The minimum absolute atomic E-state index is 0.137. The fourth-order valence-electron chi connectivity index (χ4n) is 1.24. The number of aliphatic carboxylic acids is 1. The molecule has 0 unspecified atom stereocenters. The lowest BCUT2D eigenvalue weighted by molar-refractivity contribution is -0.138. The summed E-state index contributed by atoms with van der Waals surface area (Å²) in [5.74, 6) is -2.15. The van der Waals surface area contributed by atoms with Crippen LogP contribution in [0.15, 0.2) is 24.3 Å². The molecule has 19 heavy (non-hydrogen) atoms. The summed E-state index contributed by atoms with van der Waals surface area (Å²) in [6, 6.07) is 4.79. The fraction of sp³-hybridized carbons (Fsp3) is 0.250. The summed E-state index contributed by atoms with van der Waals surface area (Å²) in [5, 5.41) is 12.7. The number of carbonyl (C=O) groups excluding carboxylic acids is 2. The van der Waals surface area contributed by atoms with Gasteiger partial charge in [-0.3, -0.25) is 14.9 Å². The number of rotatable bonds is 5. The summed E-state index contributed by atoms with van der Waals surface area (Å²) in [5.41, 5.74) is 0.675. The van der Waals surface area contributed by atoms with Gasteiger partial charge in [-0.05, 0) is 17.7 Å². The minimum atomic E-state index is -1.11. The van der Waals surface area contributed by atoms with Gasteiger partial charge in [0.25, 0.3) is 0 Å². The molecule has 1 rings (SSSR count). The molecule has 0 radical (unpaired) electrons. The number of carbonyl (C=O) groups is 3. The summed E-state index contributed by atoms with van der Waals surface area (Å²) in [7, 11) is 0. The molecule has 3 amide bonds. The summed E-state index contributed by atoms with van der Waals surface area (Å²) in [4.78, 5) is 32.6. The van der Waals surface area contributed by atoms with Gasteiger partial charge in [0.05, 0.1) is 6.42 Å². The summed E-state index contributed by atoms with van der Waals surface area (Å²) in [6.07, 6.45) is -0.601. The highest BCUT2D eigenvalue weighted by molar-refractivity contribution is 5.95. The zero-order valence-electron chi connectivity index (χ0n) is 9.98. The van der Waals surface area contributed by atoms with E-state index in [9.17, 15) is 18.8 Å². The molecule has 0 atom stereocenters. The van der Waals surface area contributed by atoms with Crippen molar-refractivity contribution in [2.45, 2.75) is 19.4 Å². The maximum Gasteiger partial charge on any atom is 0.321 e. The molecule has 0 fully saturated rings. The molecule has 3 N–H and O–H groups in total. The predicted octanol–water partition coefficient (Wildman–Crippen LogP) is 1.02. The standard InChI is InChI=1S/C12H13FN2O4/c13-9-3-1-8(2-4-9)7-14-12(19)15-10(16)5-6-11(17)18/h1-4H,5-7H2,(H,17,18)(H2,14,15,16,19). The second kappa shape index (κ2) is 7.10. The number of halogens is 1. The number of hydrogen-bond donors (Lipinski definition) is 3. The van der Waals surface area contributed by atoms with E-state index in [4.69, 9.17) is 5.11 Å². The Morgan fingerprint density at radius 3 is 2.32 bits per heavy atom. The molecule has 0 aliphatic rings. The Morgan fingerprint density at radius 1 is 1.11 bits per heavy atom. The van der Waals surface area contributed by atoms with Gasteiger partial charge in [0.15, 0.2) is 0 Å². The van der Waals surface area contributed by atoms with Crippen LogP contribution in [-0.4, -0.2) is 23.0 Å². The Morgan fingerprint density at radius 2 is 1.74 bits per heavy atom. The van der Waals surface area contributed by atoms with Crippen molar-refractivity contribution in [1.29, 1.82) is 0 Å². The Hall–Kier alpha value is -2.44. The molecule has 0 saturated carbocycles. The largest absolute Gasteiger partial charge is 0.481 e. The molecule has 6 nitrogen and oxygen atoms in total. The molecule has 1 aromatic rings. The van der Waals surface area contributed by atoms with E-state index in [1.165, 1.54) is 24.3 Å². The van der Waals surface area contributed by atoms with E-state index in [1.54, 1.807) is 0 Å². The van der Waals surface area contributed by atoms with E-state index in [1.807, 2.05) is 5.32 Å². The van der Waals surface area contributed by atoms with Crippen LogP contribution in [0.5, 0.6) is 0 Å². The van der Waals surface area contributed by atoms with Crippen LogP contribution in [0.25, 0.3) is 0 Å². The molecule has 102 valence electrons. The third kappa shape index (κ3) is 6.16. The fourth-order valence-corrected chi connectivity index (χ4v) is 1.24. The van der Waals surface area contributed by atoms with Gasteiger partial charge >= 0.3 is 12.0 Å². The van der Waals surface area contributed by atoms with Gasteiger partial charge in [0.1, 0.15) is 5.82 Å². The van der Waals surface area contributed by atoms with E-state index in [0.29, 0.717) is 5.56 Å². The van der Waals surface area contributed by atoms with Gasteiger partial charge in [-0.25, -0.2) is 9.18 Å². The molecule has 0 aliphatic heterocycles. The second-order valence-electron chi connectivity index (χ2n) is 3.75. The molecule has 0 heterocycles. The molecule has 0 spiro atoms. The molecule has 0 bridgehead atoms. The van der Waals surface area contributed by atoms with E-state index < -0.39 is 17.9 Å². The van der Waals surface area contributed by atoms with Gasteiger partial charge in [-0.1, -0.05) is 12.1 Å². The number of urea groups is 1. The lowest BCUT2D eigenvalue weighted by atomic mass is 10.2. The van der Waals surface area contributed by atoms with Crippen LogP contribution in [0.1, 0.15) is 18.4 Å². The van der Waals surface area contributed by atoms with Crippen LogP contribution < -0.4 is 10.6 Å². The number of nitrogens with one attached hydrogen (secondary N) is 2. The molecular weight excluding hydrogens is 255 g/mol. The minimum Gasteiger partial charge on any atom is -0.481 e. The van der Waals surface area contributed by atoms with Crippen molar-refractivity contribution in [3.05, 3.63) is 35.6 Å². The van der Waals surface area contributed by atoms with Gasteiger partial charge in [0.2, 0.25) is 5.91 Å². The quantitative estimate of drug-likeness (QED) is 0.742. The second-order valence-corrected chi connectivity index (χ2v) is 3.75. The molecule has 0 aliphatic carbocycles. The van der Waals surface area contributed by atoms with E-state index in [2.05, 4.69) is 5.32 Å². The average Bonchev–Trinajstić information content (AvgIpc) is 2.36. The van der Waals surface area contributed by atoms with Gasteiger partial charge in [-0.15, -0.1) is 0 Å². The maximum absolute atomic E-state index is 12.6. The Labute approximate surface area is 108 Å². The van der Waals surface area contributed by atoms with Crippen LogP contribution in [0, 0.1) is 5.82 Å². The first-order valence-electron chi connectivity index (χ1n) is 5.51. The van der Waals surface area contributed by atoms with E-state index >= 15 is 0 Å². The number of amides is 3. The monoisotopic (exact) mass is 268 g/mol. The van der Waals surface area contributed by atoms with Gasteiger partial charge < -0.3 is 10.4 Å². The van der Waals surface area contributed by atoms with E-state index in [0.717, 1.165) is 0 Å². The van der Waals surface area contributed by atoms with Crippen molar-refractivity contribution in [2.24, 2.45) is 0 Å². The average molecular weight is 268 g/mol. The first kappa shape index (κ1) is 14.6. The molecule has 0 aromatic heterocycles. The molecule has 1 aromatic carbocycles. The van der Waals surface area contributed by atoms with Crippen LogP contribution in [0.3, 0.4) is 0 Å². The summed E-state index contributed by atoms with van der Waals surface area (Å²) < 4.78 is 12.6. The molecular formula is C12H13FN2O4. The molecule has 0 saturated heterocycles. The highest BCUT2D eigenvalue weighted by Crippen LogP contribution is 2.01. The Balaban J connectivity index is 2.29. The topological polar surface area (TPSA) is 95.5 Å².